The van der Waals surface area contributed by atoms with Crippen LogP contribution >= 0.6 is 0 Å². The topological polar surface area (TPSA) is 58.6 Å². The Hall–Kier alpha value is -0.170. The molecule has 6 heteroatoms. The summed E-state index contributed by atoms with van der Waals surface area (Å²) in [4.78, 5) is 0. The fraction of sp³-hybridized carbons (Fsp3) is 1.00. The van der Waals surface area contributed by atoms with Crippen molar-refractivity contribution < 1.29 is 13.2 Å². The van der Waals surface area contributed by atoms with Crippen LogP contribution in [0.3, 0.4) is 0 Å². The standard InChI is InChI=1S/C13H28N2O3S/c1-4-7-14-12(2)13-5-8-15(9-6-13)19(16,17)11-10-18-3/h12-14H,4-11H2,1-3H3. The Morgan fingerprint density at radius 2 is 2.00 bits per heavy atom. The van der Waals surface area contributed by atoms with Crippen LogP contribution in [0.25, 0.3) is 0 Å². The number of methoxy groups -OCH3 is 1. The number of nitrogens with zero attached hydrogens (tertiary/aromatic N) is 1. The highest BCUT2D eigenvalue weighted by Crippen LogP contribution is 2.22. The van der Waals surface area contributed by atoms with E-state index in [1.165, 1.54) is 7.11 Å². The van der Waals surface area contributed by atoms with Gasteiger partial charge in [0.2, 0.25) is 10.0 Å². The van der Waals surface area contributed by atoms with E-state index in [0.717, 1.165) is 25.8 Å². The van der Waals surface area contributed by atoms with Gasteiger partial charge in [0.15, 0.2) is 0 Å². The van der Waals surface area contributed by atoms with E-state index >= 15 is 0 Å². The number of rotatable bonds is 8. The molecule has 5 nitrogen and oxygen atoms in total. The lowest BCUT2D eigenvalue weighted by Gasteiger charge is -2.34. The molecule has 0 radical (unpaired) electrons. The highest BCUT2D eigenvalue weighted by molar-refractivity contribution is 7.89. The summed E-state index contributed by atoms with van der Waals surface area (Å²) >= 11 is 0. The van der Waals surface area contributed by atoms with Crippen LogP contribution in [0, 0.1) is 5.92 Å². The number of hydrogen-bond donors (Lipinski definition) is 1. The first kappa shape index (κ1) is 16.9. The predicted molar refractivity (Wildman–Crippen MR) is 77.7 cm³/mol. The van der Waals surface area contributed by atoms with Crippen molar-refractivity contribution in [2.24, 2.45) is 5.92 Å². The van der Waals surface area contributed by atoms with E-state index in [0.29, 0.717) is 25.0 Å². The van der Waals surface area contributed by atoms with E-state index in [4.69, 9.17) is 4.74 Å². The van der Waals surface area contributed by atoms with Crippen molar-refractivity contribution in [1.82, 2.24) is 9.62 Å². The maximum absolute atomic E-state index is 12.0. The average Bonchev–Trinajstić information content (AvgIpc) is 2.42. The van der Waals surface area contributed by atoms with Gasteiger partial charge in [-0.2, -0.15) is 0 Å². The van der Waals surface area contributed by atoms with Crippen LogP contribution in [0.5, 0.6) is 0 Å². The molecule has 1 aliphatic rings. The molecule has 1 fully saturated rings. The van der Waals surface area contributed by atoms with Gasteiger partial charge in [-0.3, -0.25) is 0 Å². The summed E-state index contributed by atoms with van der Waals surface area (Å²) in [5, 5.41) is 3.50. The molecule has 1 unspecified atom stereocenters. The second-order valence-corrected chi connectivity index (χ2v) is 7.38. The zero-order valence-electron chi connectivity index (χ0n) is 12.4. The van der Waals surface area contributed by atoms with Gasteiger partial charge in [-0.25, -0.2) is 12.7 Å². The van der Waals surface area contributed by atoms with Crippen molar-refractivity contribution >= 4 is 10.0 Å². The molecular formula is C13H28N2O3S. The first-order chi connectivity index (χ1) is 9.01. The molecule has 1 N–H and O–H groups in total. The Bertz CT molecular complexity index is 338. The molecule has 1 saturated heterocycles. The third kappa shape index (κ3) is 5.38. The summed E-state index contributed by atoms with van der Waals surface area (Å²) in [5.41, 5.74) is 0. The van der Waals surface area contributed by atoms with Crippen LogP contribution in [-0.2, 0) is 14.8 Å². The normalized spacial score (nSPS) is 20.6. The summed E-state index contributed by atoms with van der Waals surface area (Å²) in [7, 11) is -1.59. The number of hydrogen-bond acceptors (Lipinski definition) is 4. The van der Waals surface area contributed by atoms with Crippen molar-refractivity contribution in [3.63, 3.8) is 0 Å². The van der Waals surface area contributed by atoms with E-state index < -0.39 is 10.0 Å². The van der Waals surface area contributed by atoms with Gasteiger partial charge in [0.25, 0.3) is 0 Å². The average molecular weight is 292 g/mol. The van der Waals surface area contributed by atoms with E-state index in [2.05, 4.69) is 19.2 Å². The van der Waals surface area contributed by atoms with Gasteiger partial charge in [0.1, 0.15) is 0 Å². The van der Waals surface area contributed by atoms with Gasteiger partial charge in [-0.1, -0.05) is 6.92 Å². The largest absolute Gasteiger partial charge is 0.384 e. The Balaban J connectivity index is 2.40. The van der Waals surface area contributed by atoms with Crippen molar-refractivity contribution in [1.29, 1.82) is 0 Å². The third-order valence-corrected chi connectivity index (χ3v) is 5.70. The van der Waals surface area contributed by atoms with E-state index in [1.54, 1.807) is 4.31 Å². The molecule has 1 atom stereocenters. The van der Waals surface area contributed by atoms with Crippen LogP contribution in [0.2, 0.25) is 0 Å². The second-order valence-electron chi connectivity index (χ2n) is 5.29. The molecule has 0 aromatic rings. The molecule has 1 aliphatic heterocycles. The van der Waals surface area contributed by atoms with Crippen molar-refractivity contribution in [3.05, 3.63) is 0 Å². The molecule has 0 spiro atoms. The molecule has 19 heavy (non-hydrogen) atoms. The minimum absolute atomic E-state index is 0.0950. The molecule has 0 saturated carbocycles. The summed E-state index contributed by atoms with van der Waals surface area (Å²) in [6.07, 6.45) is 3.03. The zero-order valence-corrected chi connectivity index (χ0v) is 13.2. The van der Waals surface area contributed by atoms with Crippen LogP contribution < -0.4 is 5.32 Å². The van der Waals surface area contributed by atoms with Gasteiger partial charge < -0.3 is 10.1 Å². The lowest BCUT2D eigenvalue weighted by atomic mass is 9.91. The minimum atomic E-state index is -3.12. The SMILES string of the molecule is CCCNC(C)C1CCN(S(=O)(=O)CCOC)CC1. The number of sulfonamides is 1. The maximum Gasteiger partial charge on any atom is 0.216 e. The lowest BCUT2D eigenvalue weighted by Crippen LogP contribution is -2.45. The van der Waals surface area contributed by atoms with Crippen LogP contribution in [0.15, 0.2) is 0 Å². The first-order valence-corrected chi connectivity index (χ1v) is 8.82. The molecule has 0 aromatic carbocycles. The fourth-order valence-electron chi connectivity index (χ4n) is 2.51. The molecule has 1 heterocycles. The summed E-state index contributed by atoms with van der Waals surface area (Å²) < 4.78 is 30.5. The summed E-state index contributed by atoms with van der Waals surface area (Å²) in [6, 6.07) is 0.476. The molecule has 0 aromatic heterocycles. The van der Waals surface area contributed by atoms with Crippen LogP contribution in [0.4, 0.5) is 0 Å². The number of ether oxygens (including phenoxy) is 1. The summed E-state index contributed by atoms with van der Waals surface area (Å²) in [6.45, 7) is 6.97. The summed E-state index contributed by atoms with van der Waals surface area (Å²) in [5.74, 6) is 0.679. The quantitative estimate of drug-likeness (QED) is 0.727. The Morgan fingerprint density at radius 1 is 1.37 bits per heavy atom. The molecule has 0 aliphatic carbocycles. The van der Waals surface area contributed by atoms with Gasteiger partial charge >= 0.3 is 0 Å². The van der Waals surface area contributed by atoms with Crippen molar-refractivity contribution in [2.75, 3.05) is 39.1 Å². The third-order valence-electron chi connectivity index (χ3n) is 3.86. The maximum atomic E-state index is 12.0. The Morgan fingerprint density at radius 3 is 2.53 bits per heavy atom. The molecule has 0 amide bonds. The van der Waals surface area contributed by atoms with Crippen LogP contribution in [-0.4, -0.2) is 57.9 Å². The highest BCUT2D eigenvalue weighted by Gasteiger charge is 2.29. The fourth-order valence-corrected chi connectivity index (χ4v) is 3.91. The van der Waals surface area contributed by atoms with Crippen LogP contribution in [0.1, 0.15) is 33.1 Å². The van der Waals surface area contributed by atoms with E-state index in [-0.39, 0.29) is 12.4 Å². The van der Waals surface area contributed by atoms with Crippen molar-refractivity contribution in [2.45, 2.75) is 39.2 Å². The number of nitrogens with one attached hydrogen (secondary N) is 1. The molecule has 114 valence electrons. The Labute approximate surface area is 117 Å². The highest BCUT2D eigenvalue weighted by atomic mass is 32.2. The molecule has 0 bridgehead atoms. The number of piperidine rings is 1. The first-order valence-electron chi connectivity index (χ1n) is 7.21. The predicted octanol–water partition coefficient (Wildman–Crippen LogP) is 1.06. The Kier molecular flexibility index (Phi) is 7.28. The van der Waals surface area contributed by atoms with Gasteiger partial charge in [-0.15, -0.1) is 0 Å². The second kappa shape index (κ2) is 8.19. The lowest BCUT2D eigenvalue weighted by molar-refractivity contribution is 0.209. The zero-order chi connectivity index (χ0) is 14.3. The monoisotopic (exact) mass is 292 g/mol. The van der Waals surface area contributed by atoms with Gasteiger partial charge in [0, 0.05) is 26.2 Å². The smallest absolute Gasteiger partial charge is 0.216 e. The van der Waals surface area contributed by atoms with E-state index in [1.807, 2.05) is 0 Å². The van der Waals surface area contributed by atoms with Crippen molar-refractivity contribution in [3.8, 4) is 0 Å². The van der Waals surface area contributed by atoms with Gasteiger partial charge in [0.05, 0.1) is 12.4 Å². The molecule has 1 rings (SSSR count). The molecular weight excluding hydrogens is 264 g/mol. The van der Waals surface area contributed by atoms with Gasteiger partial charge in [-0.05, 0) is 38.6 Å². The van der Waals surface area contributed by atoms with E-state index in [9.17, 15) is 8.42 Å². The minimum Gasteiger partial charge on any atom is -0.384 e.